The monoisotopic (exact) mass is 156 g/mol. The van der Waals surface area contributed by atoms with Gasteiger partial charge in [0.2, 0.25) is 5.89 Å². The molecule has 4 heteroatoms. The van der Waals surface area contributed by atoms with Crippen LogP contribution >= 0.6 is 0 Å². The topological polar surface area (TPSA) is 48.2 Å². The molecule has 1 rings (SSSR count). The molecule has 0 aliphatic rings. The first-order chi connectivity index (χ1) is 5.04. The van der Waals surface area contributed by atoms with Gasteiger partial charge in [0.1, 0.15) is 0 Å². The van der Waals surface area contributed by atoms with Gasteiger partial charge in [0, 0.05) is 5.41 Å². The number of ether oxygens (including phenoxy) is 1. The van der Waals surface area contributed by atoms with Crippen molar-refractivity contribution in [3.8, 4) is 6.08 Å². The van der Waals surface area contributed by atoms with Crippen molar-refractivity contribution in [2.45, 2.75) is 26.2 Å². The lowest BCUT2D eigenvalue weighted by atomic mass is 9.97. The molecule has 0 radical (unpaired) electrons. The predicted octanol–water partition coefficient (Wildman–Crippen LogP) is 1.38. The summed E-state index contributed by atoms with van der Waals surface area (Å²) >= 11 is 0. The van der Waals surface area contributed by atoms with Crippen LogP contribution in [0.2, 0.25) is 0 Å². The summed E-state index contributed by atoms with van der Waals surface area (Å²) in [5.41, 5.74) is -0.107. The third-order valence-electron chi connectivity index (χ3n) is 1.22. The van der Waals surface area contributed by atoms with Crippen LogP contribution in [0.25, 0.3) is 0 Å². The molecule has 62 valence electrons. The molecule has 0 spiro atoms. The van der Waals surface area contributed by atoms with Gasteiger partial charge in [-0.1, -0.05) is 25.9 Å². The van der Waals surface area contributed by atoms with Crippen molar-refractivity contribution in [3.05, 3.63) is 5.89 Å². The van der Waals surface area contributed by atoms with E-state index >= 15 is 0 Å². The Morgan fingerprint density at radius 3 is 2.18 bits per heavy atom. The third-order valence-corrected chi connectivity index (χ3v) is 1.22. The van der Waals surface area contributed by atoms with Crippen molar-refractivity contribution in [2.75, 3.05) is 7.11 Å². The average Bonchev–Trinajstić information content (AvgIpc) is 2.32. The van der Waals surface area contributed by atoms with Gasteiger partial charge in [-0.3, -0.25) is 0 Å². The second kappa shape index (κ2) is 2.53. The molecule has 0 fully saturated rings. The number of rotatable bonds is 1. The molecule has 4 nitrogen and oxygen atoms in total. The Hall–Kier alpha value is -1.06. The van der Waals surface area contributed by atoms with Crippen molar-refractivity contribution < 1.29 is 9.15 Å². The van der Waals surface area contributed by atoms with E-state index < -0.39 is 0 Å². The summed E-state index contributed by atoms with van der Waals surface area (Å²) in [5, 5.41) is 7.48. The molecule has 1 heterocycles. The van der Waals surface area contributed by atoms with E-state index in [-0.39, 0.29) is 11.5 Å². The summed E-state index contributed by atoms with van der Waals surface area (Å²) < 4.78 is 9.90. The van der Waals surface area contributed by atoms with Crippen LogP contribution in [0.4, 0.5) is 0 Å². The quantitative estimate of drug-likeness (QED) is 0.616. The molecule has 1 aromatic heterocycles. The van der Waals surface area contributed by atoms with E-state index in [1.54, 1.807) is 0 Å². The second-order valence-corrected chi connectivity index (χ2v) is 3.33. The van der Waals surface area contributed by atoms with Gasteiger partial charge in [0.25, 0.3) is 0 Å². The van der Waals surface area contributed by atoms with Crippen LogP contribution in [-0.4, -0.2) is 17.3 Å². The first-order valence-electron chi connectivity index (χ1n) is 3.42. The fourth-order valence-corrected chi connectivity index (χ4v) is 0.595. The lowest BCUT2D eigenvalue weighted by Crippen LogP contribution is -2.11. The maximum atomic E-state index is 5.15. The molecule has 0 saturated heterocycles. The van der Waals surface area contributed by atoms with Gasteiger partial charge in [0.15, 0.2) is 0 Å². The Bertz CT molecular complexity index is 237. The van der Waals surface area contributed by atoms with Gasteiger partial charge in [-0.2, -0.15) is 0 Å². The smallest absolute Gasteiger partial charge is 0.414 e. The zero-order chi connectivity index (χ0) is 8.48. The van der Waals surface area contributed by atoms with Crippen LogP contribution in [0.5, 0.6) is 6.08 Å². The highest BCUT2D eigenvalue weighted by Crippen LogP contribution is 2.22. The Labute approximate surface area is 65.6 Å². The van der Waals surface area contributed by atoms with Crippen LogP contribution in [-0.2, 0) is 5.41 Å². The number of aromatic nitrogens is 2. The van der Waals surface area contributed by atoms with E-state index in [9.17, 15) is 0 Å². The minimum atomic E-state index is -0.107. The van der Waals surface area contributed by atoms with Crippen LogP contribution in [0, 0.1) is 0 Å². The van der Waals surface area contributed by atoms with Crippen molar-refractivity contribution in [3.63, 3.8) is 0 Å². The summed E-state index contributed by atoms with van der Waals surface area (Å²) in [5.74, 6) is 0.592. The van der Waals surface area contributed by atoms with Gasteiger partial charge in [-0.15, -0.1) is 5.10 Å². The third kappa shape index (κ3) is 1.69. The first kappa shape index (κ1) is 8.04. The molecule has 0 bridgehead atoms. The molecule has 0 aliphatic carbocycles. The SMILES string of the molecule is COc1nnc(C(C)(C)C)o1. The van der Waals surface area contributed by atoms with Gasteiger partial charge < -0.3 is 9.15 Å². The normalized spacial score (nSPS) is 11.6. The van der Waals surface area contributed by atoms with Crippen LogP contribution in [0.3, 0.4) is 0 Å². The first-order valence-corrected chi connectivity index (χ1v) is 3.42. The number of nitrogens with zero attached hydrogens (tertiary/aromatic N) is 2. The summed E-state index contributed by atoms with van der Waals surface area (Å²) in [4.78, 5) is 0. The molecule has 0 aromatic carbocycles. The van der Waals surface area contributed by atoms with Crippen LogP contribution in [0.1, 0.15) is 26.7 Å². The molecule has 0 saturated carbocycles. The Kier molecular flexibility index (Phi) is 1.85. The van der Waals surface area contributed by atoms with Gasteiger partial charge in [-0.25, -0.2) is 0 Å². The van der Waals surface area contributed by atoms with E-state index in [1.807, 2.05) is 20.8 Å². The van der Waals surface area contributed by atoms with Gasteiger partial charge >= 0.3 is 6.08 Å². The zero-order valence-electron chi connectivity index (χ0n) is 7.21. The summed E-state index contributed by atoms with van der Waals surface area (Å²) in [6, 6.07) is 0. The Morgan fingerprint density at radius 1 is 1.27 bits per heavy atom. The van der Waals surface area contributed by atoms with E-state index in [2.05, 4.69) is 10.2 Å². The fraction of sp³-hybridized carbons (Fsp3) is 0.714. The van der Waals surface area contributed by atoms with Crippen molar-refractivity contribution in [1.82, 2.24) is 10.2 Å². The standard InChI is InChI=1S/C7H12N2O2/c1-7(2,3)5-8-9-6(10-4)11-5/h1-4H3. The highest BCUT2D eigenvalue weighted by molar-refractivity contribution is 4.97. The highest BCUT2D eigenvalue weighted by atomic mass is 16.6. The van der Waals surface area contributed by atoms with Crippen LogP contribution in [0.15, 0.2) is 4.42 Å². The summed E-state index contributed by atoms with van der Waals surface area (Å²) in [6.45, 7) is 6.00. The number of hydrogen-bond donors (Lipinski definition) is 0. The maximum Gasteiger partial charge on any atom is 0.414 e. The number of methoxy groups -OCH3 is 1. The van der Waals surface area contributed by atoms with E-state index in [0.717, 1.165) is 0 Å². The zero-order valence-corrected chi connectivity index (χ0v) is 7.21. The predicted molar refractivity (Wildman–Crippen MR) is 39.6 cm³/mol. The lowest BCUT2D eigenvalue weighted by Gasteiger charge is -2.10. The molecule has 0 amide bonds. The van der Waals surface area contributed by atoms with E-state index in [0.29, 0.717) is 5.89 Å². The van der Waals surface area contributed by atoms with Crippen molar-refractivity contribution in [2.24, 2.45) is 0 Å². The van der Waals surface area contributed by atoms with E-state index in [4.69, 9.17) is 9.15 Å². The van der Waals surface area contributed by atoms with E-state index in [1.165, 1.54) is 7.11 Å². The molecular formula is C7H12N2O2. The van der Waals surface area contributed by atoms with Gasteiger partial charge in [-0.05, 0) is 0 Å². The molecule has 0 aliphatic heterocycles. The van der Waals surface area contributed by atoms with Crippen molar-refractivity contribution >= 4 is 0 Å². The molecule has 0 N–H and O–H groups in total. The number of hydrogen-bond acceptors (Lipinski definition) is 4. The highest BCUT2D eigenvalue weighted by Gasteiger charge is 2.21. The molecule has 0 unspecified atom stereocenters. The molecule has 0 atom stereocenters. The minimum Gasteiger partial charge on any atom is -0.452 e. The largest absolute Gasteiger partial charge is 0.452 e. The second-order valence-electron chi connectivity index (χ2n) is 3.33. The lowest BCUT2D eigenvalue weighted by molar-refractivity contribution is 0.265. The minimum absolute atomic E-state index is 0.107. The fourth-order valence-electron chi connectivity index (χ4n) is 0.595. The maximum absolute atomic E-state index is 5.15. The summed E-state index contributed by atoms with van der Waals surface area (Å²) in [7, 11) is 1.50. The molecular weight excluding hydrogens is 144 g/mol. The average molecular weight is 156 g/mol. The molecule has 1 aromatic rings. The van der Waals surface area contributed by atoms with Crippen molar-refractivity contribution in [1.29, 1.82) is 0 Å². The molecule has 11 heavy (non-hydrogen) atoms. The Balaban J connectivity index is 2.89. The summed E-state index contributed by atoms with van der Waals surface area (Å²) in [6.07, 6.45) is 0.218. The van der Waals surface area contributed by atoms with Gasteiger partial charge in [0.05, 0.1) is 7.11 Å². The van der Waals surface area contributed by atoms with Crippen LogP contribution < -0.4 is 4.74 Å². The Morgan fingerprint density at radius 2 is 1.91 bits per heavy atom.